The van der Waals surface area contributed by atoms with Gasteiger partial charge in [-0.3, -0.25) is 0 Å². The van der Waals surface area contributed by atoms with Gasteiger partial charge in [0, 0.05) is 12.1 Å². The molecule has 3 rings (SSSR count). The van der Waals surface area contributed by atoms with Crippen molar-refractivity contribution in [2.45, 2.75) is 19.8 Å². The SMILES string of the molecule is CCc1ccc(/C([O-])=N/[n+]2ccc(Cc3ccccc3)cc2)cc1. The fourth-order valence-corrected chi connectivity index (χ4v) is 2.51. The van der Waals surface area contributed by atoms with E-state index in [4.69, 9.17) is 0 Å². The van der Waals surface area contributed by atoms with Crippen molar-refractivity contribution in [1.29, 1.82) is 0 Å². The molecule has 3 heteroatoms. The minimum absolute atomic E-state index is 0.238. The van der Waals surface area contributed by atoms with Crippen molar-refractivity contribution in [3.05, 3.63) is 101 Å². The lowest BCUT2D eigenvalue weighted by atomic mass is 10.1. The molecule has 0 saturated carbocycles. The summed E-state index contributed by atoms with van der Waals surface area (Å²) in [6.07, 6.45) is 5.46. The van der Waals surface area contributed by atoms with E-state index in [-0.39, 0.29) is 5.90 Å². The molecule has 0 saturated heterocycles. The van der Waals surface area contributed by atoms with Gasteiger partial charge in [-0.2, -0.15) is 0 Å². The first kappa shape index (κ1) is 15.9. The fraction of sp³-hybridized carbons (Fsp3) is 0.143. The highest BCUT2D eigenvalue weighted by molar-refractivity contribution is 5.90. The molecule has 0 amide bonds. The van der Waals surface area contributed by atoms with Gasteiger partial charge in [-0.1, -0.05) is 66.2 Å². The van der Waals surface area contributed by atoms with E-state index in [1.807, 2.05) is 67.0 Å². The van der Waals surface area contributed by atoms with Crippen LogP contribution in [0, 0.1) is 0 Å². The standard InChI is InChI=1S/C21H20N2O/c1-2-17-8-10-20(11-9-17)21(24)22-23-14-12-19(13-15-23)16-18-6-4-3-5-7-18/h3-15H,2,16H2,1H3. The zero-order valence-electron chi connectivity index (χ0n) is 13.7. The summed E-state index contributed by atoms with van der Waals surface area (Å²) in [5.74, 6) is -0.238. The lowest BCUT2D eigenvalue weighted by Crippen LogP contribution is -2.33. The van der Waals surface area contributed by atoms with E-state index in [0.717, 1.165) is 12.8 Å². The topological polar surface area (TPSA) is 39.3 Å². The van der Waals surface area contributed by atoms with Crippen LogP contribution in [0.3, 0.4) is 0 Å². The van der Waals surface area contributed by atoms with Crippen molar-refractivity contribution in [1.82, 2.24) is 0 Å². The van der Waals surface area contributed by atoms with Gasteiger partial charge < -0.3 is 5.11 Å². The fourth-order valence-electron chi connectivity index (χ4n) is 2.51. The third kappa shape index (κ3) is 4.07. The van der Waals surface area contributed by atoms with Crippen LogP contribution in [0.25, 0.3) is 0 Å². The van der Waals surface area contributed by atoms with Crippen LogP contribution >= 0.6 is 0 Å². The molecular formula is C21H20N2O. The van der Waals surface area contributed by atoms with Gasteiger partial charge in [-0.05, 0) is 40.2 Å². The summed E-state index contributed by atoms with van der Waals surface area (Å²) < 4.78 is 1.56. The lowest BCUT2D eigenvalue weighted by Gasteiger charge is -2.07. The number of aromatic nitrogens is 1. The molecule has 0 unspecified atom stereocenters. The Balaban J connectivity index is 1.72. The average molecular weight is 316 g/mol. The number of nitrogens with zero attached hydrogens (tertiary/aromatic N) is 2. The highest BCUT2D eigenvalue weighted by atomic mass is 16.3. The third-order valence-corrected chi connectivity index (χ3v) is 3.95. The molecule has 0 radical (unpaired) electrons. The summed E-state index contributed by atoms with van der Waals surface area (Å²) in [6.45, 7) is 2.09. The molecule has 24 heavy (non-hydrogen) atoms. The molecule has 3 nitrogen and oxygen atoms in total. The maximum Gasteiger partial charge on any atom is 0.202 e. The van der Waals surface area contributed by atoms with Crippen LogP contribution in [0.2, 0.25) is 0 Å². The largest absolute Gasteiger partial charge is 0.854 e. The Morgan fingerprint density at radius 1 is 0.833 bits per heavy atom. The highest BCUT2D eigenvalue weighted by Gasteiger charge is 2.02. The first-order chi connectivity index (χ1) is 11.7. The minimum Gasteiger partial charge on any atom is -0.854 e. The van der Waals surface area contributed by atoms with Gasteiger partial charge in [0.2, 0.25) is 12.4 Å². The van der Waals surface area contributed by atoms with Crippen molar-refractivity contribution in [2.75, 3.05) is 0 Å². The minimum atomic E-state index is -0.238. The first-order valence-corrected chi connectivity index (χ1v) is 8.14. The maximum absolute atomic E-state index is 12.2. The molecule has 1 aromatic heterocycles. The summed E-state index contributed by atoms with van der Waals surface area (Å²) in [7, 11) is 0. The van der Waals surface area contributed by atoms with E-state index in [0.29, 0.717) is 5.56 Å². The van der Waals surface area contributed by atoms with E-state index in [1.165, 1.54) is 16.7 Å². The van der Waals surface area contributed by atoms with Gasteiger partial charge in [0.15, 0.2) is 0 Å². The summed E-state index contributed by atoms with van der Waals surface area (Å²) in [6, 6.07) is 21.9. The van der Waals surface area contributed by atoms with E-state index >= 15 is 0 Å². The smallest absolute Gasteiger partial charge is 0.202 e. The van der Waals surface area contributed by atoms with Crippen LogP contribution in [0.5, 0.6) is 0 Å². The van der Waals surface area contributed by atoms with Crippen LogP contribution < -0.4 is 9.78 Å². The Morgan fingerprint density at radius 3 is 2.08 bits per heavy atom. The van der Waals surface area contributed by atoms with Crippen LogP contribution in [0.4, 0.5) is 0 Å². The monoisotopic (exact) mass is 316 g/mol. The molecule has 0 spiro atoms. The highest BCUT2D eigenvalue weighted by Crippen LogP contribution is 2.07. The van der Waals surface area contributed by atoms with E-state index in [9.17, 15) is 5.11 Å². The van der Waals surface area contributed by atoms with Crippen molar-refractivity contribution >= 4 is 5.90 Å². The molecule has 0 aliphatic heterocycles. The van der Waals surface area contributed by atoms with Gasteiger partial charge >= 0.3 is 0 Å². The first-order valence-electron chi connectivity index (χ1n) is 8.14. The summed E-state index contributed by atoms with van der Waals surface area (Å²) in [5.41, 5.74) is 4.27. The predicted octanol–water partition coefficient (Wildman–Crippen LogP) is 2.70. The van der Waals surface area contributed by atoms with Crippen molar-refractivity contribution in [3.8, 4) is 0 Å². The Morgan fingerprint density at radius 2 is 1.46 bits per heavy atom. The second-order valence-corrected chi connectivity index (χ2v) is 5.70. The Kier molecular flexibility index (Phi) is 5.02. The van der Waals surface area contributed by atoms with Crippen LogP contribution in [-0.2, 0) is 12.8 Å². The molecule has 2 aromatic carbocycles. The van der Waals surface area contributed by atoms with Gasteiger partial charge in [-0.25, -0.2) is 0 Å². The summed E-state index contributed by atoms with van der Waals surface area (Å²) in [4.78, 5) is 0. The molecule has 1 heterocycles. The number of hydrogen-bond donors (Lipinski definition) is 0. The van der Waals surface area contributed by atoms with Crippen LogP contribution in [-0.4, -0.2) is 5.90 Å². The van der Waals surface area contributed by atoms with Gasteiger partial charge in [0.05, 0.1) is 5.90 Å². The summed E-state index contributed by atoms with van der Waals surface area (Å²) >= 11 is 0. The number of aryl methyl sites for hydroxylation is 1. The molecule has 0 N–H and O–H groups in total. The second kappa shape index (κ2) is 7.55. The van der Waals surface area contributed by atoms with Gasteiger partial charge in [-0.15, -0.1) is 0 Å². The number of rotatable bonds is 5. The summed E-state index contributed by atoms with van der Waals surface area (Å²) in [5, 5.41) is 16.3. The van der Waals surface area contributed by atoms with Crippen molar-refractivity contribution in [2.24, 2.45) is 5.10 Å². The number of benzene rings is 2. The molecule has 0 aliphatic carbocycles. The normalized spacial score (nSPS) is 11.5. The van der Waals surface area contributed by atoms with Gasteiger partial charge in [0.1, 0.15) is 0 Å². The molecular weight excluding hydrogens is 296 g/mol. The average Bonchev–Trinajstić information content (AvgIpc) is 2.64. The van der Waals surface area contributed by atoms with Crippen molar-refractivity contribution < 1.29 is 9.78 Å². The molecule has 0 fully saturated rings. The van der Waals surface area contributed by atoms with Gasteiger partial charge in [0.25, 0.3) is 0 Å². The third-order valence-electron chi connectivity index (χ3n) is 3.95. The Labute approximate surface area is 142 Å². The number of hydrogen-bond acceptors (Lipinski definition) is 2. The van der Waals surface area contributed by atoms with Crippen LogP contribution in [0.15, 0.2) is 84.2 Å². The van der Waals surface area contributed by atoms with E-state index in [2.05, 4.69) is 24.2 Å². The van der Waals surface area contributed by atoms with E-state index < -0.39 is 0 Å². The predicted molar refractivity (Wildman–Crippen MR) is 93.6 cm³/mol. The zero-order chi connectivity index (χ0) is 16.8. The molecule has 0 bridgehead atoms. The molecule has 3 aromatic rings. The second-order valence-electron chi connectivity index (χ2n) is 5.70. The zero-order valence-corrected chi connectivity index (χ0v) is 13.7. The Hall–Kier alpha value is -2.94. The quantitative estimate of drug-likeness (QED) is 0.405. The number of pyridine rings is 1. The molecule has 0 atom stereocenters. The molecule has 0 aliphatic rings. The maximum atomic E-state index is 12.2. The Bertz CT molecular complexity index is 807. The van der Waals surface area contributed by atoms with E-state index in [1.54, 1.807) is 4.68 Å². The molecule has 120 valence electrons. The lowest BCUT2D eigenvalue weighted by molar-refractivity contribution is -0.681. The van der Waals surface area contributed by atoms with Crippen molar-refractivity contribution in [3.63, 3.8) is 0 Å². The van der Waals surface area contributed by atoms with Crippen LogP contribution in [0.1, 0.15) is 29.2 Å².